The van der Waals surface area contributed by atoms with Crippen LogP contribution in [0.5, 0.6) is 0 Å². The van der Waals surface area contributed by atoms with Gasteiger partial charge in [-0.05, 0) is 43.7 Å². The molecule has 3 rings (SSSR count). The van der Waals surface area contributed by atoms with E-state index in [1.807, 2.05) is 43.0 Å². The zero-order chi connectivity index (χ0) is 15.9. The van der Waals surface area contributed by atoms with Crippen LogP contribution in [0.1, 0.15) is 35.0 Å². The Bertz CT molecular complexity index is 737. The molecule has 2 aromatic rings. The summed E-state index contributed by atoms with van der Waals surface area (Å²) in [6, 6.07) is 8.20. The van der Waals surface area contributed by atoms with Gasteiger partial charge in [-0.2, -0.15) is 0 Å². The minimum Gasteiger partial charge on any atom is -0.369 e. The van der Waals surface area contributed by atoms with Gasteiger partial charge < -0.3 is 10.6 Å². The molecule has 0 aliphatic carbocycles. The lowest BCUT2D eigenvalue weighted by atomic mass is 9.92. The molecule has 5 heteroatoms. The van der Waals surface area contributed by atoms with Crippen LogP contribution in [0.4, 0.5) is 0 Å². The van der Waals surface area contributed by atoms with Crippen molar-refractivity contribution in [2.45, 2.75) is 32.7 Å². The van der Waals surface area contributed by atoms with Gasteiger partial charge in [0, 0.05) is 17.3 Å². The van der Waals surface area contributed by atoms with Gasteiger partial charge in [-0.3, -0.25) is 9.59 Å². The molecule has 0 unspecified atom stereocenters. The van der Waals surface area contributed by atoms with Crippen LogP contribution in [0.15, 0.2) is 24.3 Å². The largest absolute Gasteiger partial charge is 0.369 e. The van der Waals surface area contributed by atoms with Gasteiger partial charge in [-0.25, -0.2) is 0 Å². The van der Waals surface area contributed by atoms with Crippen LogP contribution in [0.2, 0.25) is 0 Å². The van der Waals surface area contributed by atoms with Crippen LogP contribution in [-0.4, -0.2) is 29.3 Å². The van der Waals surface area contributed by atoms with Gasteiger partial charge in [-0.1, -0.05) is 18.2 Å². The molecule has 2 N–H and O–H groups in total. The molecule has 0 spiro atoms. The number of nitrogens with two attached hydrogens (primary N) is 1. The number of primary amides is 1. The minimum atomic E-state index is -0.308. The van der Waals surface area contributed by atoms with Crippen LogP contribution in [0.3, 0.4) is 0 Å². The van der Waals surface area contributed by atoms with Crippen LogP contribution in [0.25, 0.3) is 10.1 Å². The van der Waals surface area contributed by atoms with Gasteiger partial charge in [0.15, 0.2) is 0 Å². The number of amides is 2. The molecule has 0 bridgehead atoms. The van der Waals surface area contributed by atoms with Crippen molar-refractivity contribution in [2.75, 3.05) is 6.54 Å². The van der Waals surface area contributed by atoms with E-state index in [1.165, 1.54) is 11.3 Å². The molecule has 4 nitrogen and oxygen atoms in total. The number of fused-ring (bicyclic) bond motifs is 1. The first-order chi connectivity index (χ1) is 10.5. The van der Waals surface area contributed by atoms with Crippen molar-refractivity contribution in [3.8, 4) is 0 Å². The highest BCUT2D eigenvalue weighted by Crippen LogP contribution is 2.33. The van der Waals surface area contributed by atoms with Crippen molar-refractivity contribution >= 4 is 33.2 Å². The summed E-state index contributed by atoms with van der Waals surface area (Å²) in [6.07, 6.45) is 1.59. The Labute approximate surface area is 133 Å². The summed E-state index contributed by atoms with van der Waals surface area (Å²) in [7, 11) is 0. The Morgan fingerprint density at radius 3 is 2.68 bits per heavy atom. The minimum absolute atomic E-state index is 0.0251. The van der Waals surface area contributed by atoms with Gasteiger partial charge >= 0.3 is 0 Å². The number of likely N-dealkylation sites (tertiary alicyclic amines) is 1. The maximum Gasteiger partial charge on any atom is 0.264 e. The molecule has 1 aliphatic rings. The average molecular weight is 316 g/mol. The summed E-state index contributed by atoms with van der Waals surface area (Å²) in [5.74, 6) is -0.509. The molecule has 1 aromatic carbocycles. The Hall–Kier alpha value is -1.88. The zero-order valence-corrected chi connectivity index (χ0v) is 13.7. The molecule has 1 aromatic heterocycles. The first-order valence-electron chi connectivity index (χ1n) is 7.57. The molecule has 116 valence electrons. The van der Waals surface area contributed by atoms with Gasteiger partial charge in [0.25, 0.3) is 5.91 Å². The lowest BCUT2D eigenvalue weighted by Crippen LogP contribution is -2.48. The fourth-order valence-corrected chi connectivity index (χ4v) is 4.30. The third-order valence-corrected chi connectivity index (χ3v) is 5.84. The molecule has 1 aliphatic heterocycles. The second-order valence-corrected chi connectivity index (χ2v) is 7.09. The Balaban J connectivity index is 1.94. The number of hydrogen-bond donors (Lipinski definition) is 1. The third kappa shape index (κ3) is 2.50. The van der Waals surface area contributed by atoms with E-state index in [-0.39, 0.29) is 23.8 Å². The second-order valence-electron chi connectivity index (χ2n) is 6.04. The lowest BCUT2D eigenvalue weighted by Gasteiger charge is -2.36. The van der Waals surface area contributed by atoms with Crippen molar-refractivity contribution in [3.05, 3.63) is 34.7 Å². The summed E-state index contributed by atoms with van der Waals surface area (Å²) in [4.78, 5) is 27.0. The topological polar surface area (TPSA) is 63.4 Å². The fourth-order valence-electron chi connectivity index (χ4n) is 3.13. The molecule has 1 fully saturated rings. The van der Waals surface area contributed by atoms with E-state index in [9.17, 15) is 9.59 Å². The Morgan fingerprint density at radius 1 is 1.27 bits per heavy atom. The number of carbonyl (C=O) groups is 2. The van der Waals surface area contributed by atoms with Gasteiger partial charge in [0.1, 0.15) is 0 Å². The second kappa shape index (κ2) is 5.72. The van der Waals surface area contributed by atoms with Crippen LogP contribution in [-0.2, 0) is 4.79 Å². The molecule has 22 heavy (non-hydrogen) atoms. The number of hydrogen-bond acceptors (Lipinski definition) is 3. The summed E-state index contributed by atoms with van der Waals surface area (Å²) < 4.78 is 1.12. The number of carbonyl (C=O) groups excluding carboxylic acids is 2. The standard InChI is InChI=1S/C17H20N2O2S/c1-10-7-8-12(16(18)20)9-19(10)17(21)15-11(2)13-5-3-4-6-14(13)22-15/h3-6,10,12H,7-9H2,1-2H3,(H2,18,20)/t10-,12+/m0/s1. The van der Waals surface area contributed by atoms with Crippen LogP contribution in [0, 0.1) is 12.8 Å². The van der Waals surface area contributed by atoms with Crippen LogP contribution >= 0.6 is 11.3 Å². The first-order valence-corrected chi connectivity index (χ1v) is 8.39. The van der Waals surface area contributed by atoms with E-state index in [2.05, 4.69) is 0 Å². The number of piperidine rings is 1. The molecule has 2 heterocycles. The fraction of sp³-hybridized carbons (Fsp3) is 0.412. The van der Waals surface area contributed by atoms with Crippen molar-refractivity contribution in [3.63, 3.8) is 0 Å². The smallest absolute Gasteiger partial charge is 0.264 e. The van der Waals surface area contributed by atoms with Gasteiger partial charge in [-0.15, -0.1) is 11.3 Å². The number of rotatable bonds is 2. The van der Waals surface area contributed by atoms with E-state index in [1.54, 1.807) is 0 Å². The molecule has 2 amide bonds. The van der Waals surface area contributed by atoms with E-state index in [4.69, 9.17) is 5.73 Å². The number of benzene rings is 1. The maximum absolute atomic E-state index is 13.0. The average Bonchev–Trinajstić information content (AvgIpc) is 2.84. The normalized spacial score (nSPS) is 22.0. The molecule has 1 saturated heterocycles. The molecule has 0 saturated carbocycles. The predicted molar refractivity (Wildman–Crippen MR) is 89.0 cm³/mol. The first kappa shape index (κ1) is 15.0. The van der Waals surface area contributed by atoms with Crippen molar-refractivity contribution in [2.24, 2.45) is 11.7 Å². The van der Waals surface area contributed by atoms with Crippen molar-refractivity contribution < 1.29 is 9.59 Å². The molecular formula is C17H20N2O2S. The van der Waals surface area contributed by atoms with E-state index < -0.39 is 0 Å². The monoisotopic (exact) mass is 316 g/mol. The van der Waals surface area contributed by atoms with Crippen LogP contribution < -0.4 is 5.73 Å². The zero-order valence-electron chi connectivity index (χ0n) is 12.8. The van der Waals surface area contributed by atoms with E-state index in [0.717, 1.165) is 33.4 Å². The van der Waals surface area contributed by atoms with E-state index >= 15 is 0 Å². The highest BCUT2D eigenvalue weighted by atomic mass is 32.1. The van der Waals surface area contributed by atoms with E-state index in [0.29, 0.717) is 6.54 Å². The number of nitrogens with zero attached hydrogens (tertiary/aromatic N) is 1. The van der Waals surface area contributed by atoms with Crippen molar-refractivity contribution in [1.82, 2.24) is 4.90 Å². The molecular weight excluding hydrogens is 296 g/mol. The maximum atomic E-state index is 13.0. The summed E-state index contributed by atoms with van der Waals surface area (Å²) >= 11 is 1.53. The SMILES string of the molecule is Cc1c(C(=O)N2C[C@H](C(N)=O)CC[C@@H]2C)sc2ccccc12. The Morgan fingerprint density at radius 2 is 2.00 bits per heavy atom. The third-order valence-electron chi connectivity index (χ3n) is 4.58. The molecule has 0 radical (unpaired) electrons. The summed E-state index contributed by atoms with van der Waals surface area (Å²) in [6.45, 7) is 4.47. The number of aryl methyl sites for hydroxylation is 1. The summed E-state index contributed by atoms with van der Waals surface area (Å²) in [5.41, 5.74) is 6.46. The highest BCUT2D eigenvalue weighted by molar-refractivity contribution is 7.21. The van der Waals surface area contributed by atoms with Gasteiger partial charge in [0.2, 0.25) is 5.91 Å². The predicted octanol–water partition coefficient (Wildman–Crippen LogP) is 2.94. The molecule has 2 atom stereocenters. The quantitative estimate of drug-likeness (QED) is 0.926. The Kier molecular flexibility index (Phi) is 3.91. The van der Waals surface area contributed by atoms with Crippen molar-refractivity contribution in [1.29, 1.82) is 0 Å². The summed E-state index contributed by atoms with van der Waals surface area (Å²) in [5, 5.41) is 1.13. The van der Waals surface area contributed by atoms with Gasteiger partial charge in [0.05, 0.1) is 10.8 Å². The lowest BCUT2D eigenvalue weighted by molar-refractivity contribution is -0.123. The number of thiophene rings is 1. The highest BCUT2D eigenvalue weighted by Gasteiger charge is 2.33.